The van der Waals surface area contributed by atoms with E-state index in [2.05, 4.69) is 5.32 Å². The van der Waals surface area contributed by atoms with Gasteiger partial charge < -0.3 is 15.0 Å². The molecule has 2 amide bonds. The topological polar surface area (TPSA) is 58.6 Å². The van der Waals surface area contributed by atoms with Crippen molar-refractivity contribution in [2.75, 3.05) is 25.0 Å². The van der Waals surface area contributed by atoms with Gasteiger partial charge in [0, 0.05) is 18.8 Å². The summed E-state index contributed by atoms with van der Waals surface area (Å²) in [5.74, 6) is -0.283. The van der Waals surface area contributed by atoms with Crippen LogP contribution < -0.4 is 5.32 Å². The third kappa shape index (κ3) is 3.81. The molecule has 2 rings (SSSR count). The molecular weight excluding hydrogens is 256 g/mol. The van der Waals surface area contributed by atoms with Gasteiger partial charge in [-0.3, -0.25) is 9.59 Å². The Kier molecular flexibility index (Phi) is 5.12. The van der Waals surface area contributed by atoms with E-state index in [1.54, 1.807) is 4.90 Å². The molecule has 0 radical (unpaired) electrons. The molecule has 20 heavy (non-hydrogen) atoms. The molecule has 1 aliphatic rings. The lowest BCUT2D eigenvalue weighted by molar-refractivity contribution is -0.155. The lowest BCUT2D eigenvalue weighted by atomic mass is 10.1. The Balaban J connectivity index is 1.88. The van der Waals surface area contributed by atoms with E-state index in [1.807, 2.05) is 37.3 Å². The number of rotatable bonds is 5. The van der Waals surface area contributed by atoms with Gasteiger partial charge in [-0.25, -0.2) is 0 Å². The van der Waals surface area contributed by atoms with E-state index in [9.17, 15) is 9.59 Å². The lowest BCUT2D eigenvalue weighted by Crippen LogP contribution is -2.49. The average Bonchev–Trinajstić information content (AvgIpc) is 2.44. The van der Waals surface area contributed by atoms with E-state index in [0.717, 1.165) is 18.7 Å². The number of para-hydroxylation sites is 1. The summed E-state index contributed by atoms with van der Waals surface area (Å²) in [6.07, 6.45) is 0.321. The highest BCUT2D eigenvalue weighted by atomic mass is 16.5. The molecular formula is C15H20N2O3. The van der Waals surface area contributed by atoms with Gasteiger partial charge in [0.05, 0.1) is 13.0 Å². The number of nitrogens with one attached hydrogen (secondary N) is 1. The monoisotopic (exact) mass is 276 g/mol. The fraction of sp³-hybridized carbons (Fsp3) is 0.467. The van der Waals surface area contributed by atoms with Gasteiger partial charge in [-0.05, 0) is 18.6 Å². The van der Waals surface area contributed by atoms with Crippen LogP contribution in [0.1, 0.15) is 19.8 Å². The SMILES string of the molecule is CCCN1CCO[C@H](CC(=O)Nc2ccccc2)C1=O. The molecule has 1 aromatic rings. The van der Waals surface area contributed by atoms with E-state index in [-0.39, 0.29) is 18.2 Å². The Labute approximate surface area is 118 Å². The molecule has 0 aromatic heterocycles. The number of anilines is 1. The summed E-state index contributed by atoms with van der Waals surface area (Å²) in [7, 11) is 0. The number of amides is 2. The molecule has 1 N–H and O–H groups in total. The van der Waals surface area contributed by atoms with Gasteiger partial charge in [0.1, 0.15) is 6.10 Å². The van der Waals surface area contributed by atoms with Gasteiger partial charge in [-0.1, -0.05) is 25.1 Å². The molecule has 5 nitrogen and oxygen atoms in total. The number of morpholine rings is 1. The summed E-state index contributed by atoms with van der Waals surface area (Å²) >= 11 is 0. The first-order valence-corrected chi connectivity index (χ1v) is 6.96. The van der Waals surface area contributed by atoms with Crippen LogP contribution >= 0.6 is 0 Å². The third-order valence-corrected chi connectivity index (χ3v) is 3.19. The minimum Gasteiger partial charge on any atom is -0.366 e. The standard InChI is InChI=1S/C15H20N2O3/c1-2-8-17-9-10-20-13(15(17)19)11-14(18)16-12-6-4-3-5-7-12/h3-7,13H,2,8-11H2,1H3,(H,16,18)/t13-/m1/s1. The van der Waals surface area contributed by atoms with E-state index >= 15 is 0 Å². The van der Waals surface area contributed by atoms with Gasteiger partial charge in [-0.15, -0.1) is 0 Å². The quantitative estimate of drug-likeness (QED) is 0.889. The number of nitrogens with zero attached hydrogens (tertiary/aromatic N) is 1. The Morgan fingerprint density at radius 2 is 2.15 bits per heavy atom. The second kappa shape index (κ2) is 7.05. The van der Waals surface area contributed by atoms with Crippen molar-refractivity contribution in [3.8, 4) is 0 Å². The fourth-order valence-corrected chi connectivity index (χ4v) is 2.23. The second-order valence-corrected chi connectivity index (χ2v) is 4.80. The van der Waals surface area contributed by atoms with Crippen molar-refractivity contribution in [2.24, 2.45) is 0 Å². The summed E-state index contributed by atoms with van der Waals surface area (Å²) in [6.45, 7) is 3.86. The van der Waals surface area contributed by atoms with E-state index < -0.39 is 6.10 Å². The molecule has 1 aromatic carbocycles. The Morgan fingerprint density at radius 3 is 2.85 bits per heavy atom. The molecule has 1 fully saturated rings. The number of hydrogen-bond acceptors (Lipinski definition) is 3. The van der Waals surface area contributed by atoms with E-state index in [4.69, 9.17) is 4.74 Å². The Bertz CT molecular complexity index is 459. The maximum absolute atomic E-state index is 12.1. The summed E-state index contributed by atoms with van der Waals surface area (Å²) < 4.78 is 5.42. The number of ether oxygens (including phenoxy) is 1. The van der Waals surface area contributed by atoms with Crippen molar-refractivity contribution < 1.29 is 14.3 Å². The van der Waals surface area contributed by atoms with Gasteiger partial charge in [-0.2, -0.15) is 0 Å². The zero-order valence-corrected chi connectivity index (χ0v) is 11.7. The van der Waals surface area contributed by atoms with Gasteiger partial charge in [0.15, 0.2) is 0 Å². The first-order valence-electron chi connectivity index (χ1n) is 6.96. The fourth-order valence-electron chi connectivity index (χ4n) is 2.23. The van der Waals surface area contributed by atoms with E-state index in [1.165, 1.54) is 0 Å². The molecule has 1 aliphatic heterocycles. The van der Waals surface area contributed by atoms with Crippen LogP contribution in [0.15, 0.2) is 30.3 Å². The van der Waals surface area contributed by atoms with Crippen LogP contribution in [0.2, 0.25) is 0 Å². The zero-order chi connectivity index (χ0) is 14.4. The van der Waals surface area contributed by atoms with Crippen molar-refractivity contribution in [3.05, 3.63) is 30.3 Å². The molecule has 5 heteroatoms. The van der Waals surface area contributed by atoms with Crippen molar-refractivity contribution in [2.45, 2.75) is 25.9 Å². The normalized spacial score (nSPS) is 18.9. The van der Waals surface area contributed by atoms with Crippen LogP contribution in [0.25, 0.3) is 0 Å². The summed E-state index contributed by atoms with van der Waals surface area (Å²) in [4.78, 5) is 25.8. The van der Waals surface area contributed by atoms with Crippen LogP contribution in [0, 0.1) is 0 Å². The van der Waals surface area contributed by atoms with Crippen LogP contribution in [-0.4, -0.2) is 42.5 Å². The van der Waals surface area contributed by atoms with Crippen molar-refractivity contribution in [1.29, 1.82) is 0 Å². The highest BCUT2D eigenvalue weighted by molar-refractivity contribution is 5.95. The largest absolute Gasteiger partial charge is 0.366 e. The second-order valence-electron chi connectivity index (χ2n) is 4.80. The molecule has 0 saturated carbocycles. The molecule has 108 valence electrons. The maximum atomic E-state index is 12.1. The predicted octanol–water partition coefficient (Wildman–Crippen LogP) is 1.65. The highest BCUT2D eigenvalue weighted by Gasteiger charge is 2.30. The number of benzene rings is 1. The number of hydrogen-bond donors (Lipinski definition) is 1. The smallest absolute Gasteiger partial charge is 0.252 e. The molecule has 0 aliphatic carbocycles. The van der Waals surface area contributed by atoms with Gasteiger partial charge in [0.2, 0.25) is 5.91 Å². The van der Waals surface area contributed by atoms with E-state index in [0.29, 0.717) is 13.2 Å². The van der Waals surface area contributed by atoms with Crippen molar-refractivity contribution in [1.82, 2.24) is 4.90 Å². The van der Waals surface area contributed by atoms with Gasteiger partial charge >= 0.3 is 0 Å². The Morgan fingerprint density at radius 1 is 1.40 bits per heavy atom. The van der Waals surface area contributed by atoms with Crippen LogP contribution in [0.3, 0.4) is 0 Å². The minimum atomic E-state index is -0.654. The zero-order valence-electron chi connectivity index (χ0n) is 11.7. The van der Waals surface area contributed by atoms with Crippen molar-refractivity contribution in [3.63, 3.8) is 0 Å². The molecule has 0 bridgehead atoms. The van der Waals surface area contributed by atoms with Crippen LogP contribution in [0.5, 0.6) is 0 Å². The number of carbonyl (C=O) groups excluding carboxylic acids is 2. The Hall–Kier alpha value is -1.88. The highest BCUT2D eigenvalue weighted by Crippen LogP contribution is 2.13. The summed E-state index contributed by atoms with van der Waals surface area (Å²) in [5.41, 5.74) is 0.728. The molecule has 1 saturated heterocycles. The van der Waals surface area contributed by atoms with Crippen LogP contribution in [-0.2, 0) is 14.3 Å². The lowest BCUT2D eigenvalue weighted by Gasteiger charge is -2.32. The number of carbonyl (C=O) groups is 2. The maximum Gasteiger partial charge on any atom is 0.252 e. The van der Waals surface area contributed by atoms with Gasteiger partial charge in [0.25, 0.3) is 5.91 Å². The molecule has 0 spiro atoms. The first-order chi connectivity index (χ1) is 9.70. The predicted molar refractivity (Wildman–Crippen MR) is 76.3 cm³/mol. The molecule has 1 heterocycles. The average molecular weight is 276 g/mol. The summed E-state index contributed by atoms with van der Waals surface area (Å²) in [6, 6.07) is 9.20. The van der Waals surface area contributed by atoms with Crippen LogP contribution in [0.4, 0.5) is 5.69 Å². The first kappa shape index (κ1) is 14.5. The molecule has 1 atom stereocenters. The summed E-state index contributed by atoms with van der Waals surface area (Å²) in [5, 5.41) is 2.77. The van der Waals surface area contributed by atoms with Crippen molar-refractivity contribution >= 4 is 17.5 Å². The third-order valence-electron chi connectivity index (χ3n) is 3.19. The molecule has 0 unspecified atom stereocenters. The minimum absolute atomic E-state index is 0.0634.